The Hall–Kier alpha value is -2.95. The number of nitrogens with one attached hydrogen (secondary N) is 1. The first-order chi connectivity index (χ1) is 12.7. The number of carbonyl (C=O) groups excluding carboxylic acids is 1. The number of aliphatic hydroxyl groups is 1. The second-order valence-electron chi connectivity index (χ2n) is 6.37. The van der Waals surface area contributed by atoms with E-state index in [1.807, 2.05) is 54.6 Å². The molecule has 1 heterocycles. The number of anilines is 1. The van der Waals surface area contributed by atoms with Crippen LogP contribution < -0.4 is 5.32 Å². The van der Waals surface area contributed by atoms with Gasteiger partial charge in [0.25, 0.3) is 5.91 Å². The number of fused-ring (bicyclic) bond motifs is 1. The van der Waals surface area contributed by atoms with Crippen molar-refractivity contribution in [2.24, 2.45) is 0 Å². The normalized spacial score (nSPS) is 13.3. The predicted octanol–water partition coefficient (Wildman–Crippen LogP) is 3.59. The Kier molecular flexibility index (Phi) is 4.29. The molecule has 0 spiro atoms. The fourth-order valence-corrected chi connectivity index (χ4v) is 3.26. The summed E-state index contributed by atoms with van der Waals surface area (Å²) in [6.45, 7) is 1.14. The van der Waals surface area contributed by atoms with Gasteiger partial charge in [0.1, 0.15) is 0 Å². The van der Waals surface area contributed by atoms with Gasteiger partial charge in [-0.05, 0) is 34.4 Å². The zero-order valence-electron chi connectivity index (χ0n) is 14.2. The molecule has 1 aliphatic heterocycles. The molecule has 4 heteroatoms. The van der Waals surface area contributed by atoms with E-state index in [1.54, 1.807) is 24.3 Å². The first-order valence-corrected chi connectivity index (χ1v) is 8.52. The van der Waals surface area contributed by atoms with Crippen LogP contribution in [0.5, 0.6) is 0 Å². The molecule has 1 amide bonds. The molecule has 3 aromatic rings. The zero-order chi connectivity index (χ0) is 18.0. The number of amides is 1. The fourth-order valence-electron chi connectivity index (χ4n) is 3.26. The second-order valence-corrected chi connectivity index (χ2v) is 6.37. The highest BCUT2D eigenvalue weighted by Gasteiger charge is 2.39. The SMILES string of the molecule is O=C(Nc1ccc2c(c1)COC2)C(O)(c1ccccc1)c1ccccc1. The molecule has 0 aliphatic carbocycles. The maximum absolute atomic E-state index is 13.1. The lowest BCUT2D eigenvalue weighted by molar-refractivity contribution is -0.131. The first kappa shape index (κ1) is 16.5. The summed E-state index contributed by atoms with van der Waals surface area (Å²) in [5.41, 5.74) is 2.10. The third-order valence-corrected chi connectivity index (χ3v) is 4.69. The number of hydrogen-bond acceptors (Lipinski definition) is 3. The molecular formula is C22H19NO3. The van der Waals surface area contributed by atoms with Gasteiger partial charge in [-0.1, -0.05) is 66.7 Å². The Labute approximate surface area is 152 Å². The Balaban J connectivity index is 1.71. The summed E-state index contributed by atoms with van der Waals surface area (Å²) in [6, 6.07) is 23.6. The monoisotopic (exact) mass is 345 g/mol. The van der Waals surface area contributed by atoms with Crippen LogP contribution in [0, 0.1) is 0 Å². The van der Waals surface area contributed by atoms with E-state index in [1.165, 1.54) is 0 Å². The third kappa shape index (κ3) is 2.90. The Morgan fingerprint density at radius 2 is 1.42 bits per heavy atom. The standard InChI is InChI=1S/C22H19NO3/c24-21(23-20-12-11-16-14-26-15-17(16)13-20)22(25,18-7-3-1-4-8-18)19-9-5-2-6-10-19/h1-13,25H,14-15H2,(H,23,24). The van der Waals surface area contributed by atoms with Crippen molar-refractivity contribution in [3.8, 4) is 0 Å². The molecule has 4 rings (SSSR count). The van der Waals surface area contributed by atoms with Crippen molar-refractivity contribution in [3.63, 3.8) is 0 Å². The molecule has 0 saturated heterocycles. The van der Waals surface area contributed by atoms with Crippen molar-refractivity contribution in [1.29, 1.82) is 0 Å². The van der Waals surface area contributed by atoms with Gasteiger partial charge in [-0.15, -0.1) is 0 Å². The summed E-state index contributed by atoms with van der Waals surface area (Å²) in [5, 5.41) is 14.3. The number of carbonyl (C=O) groups is 1. The second kappa shape index (κ2) is 6.75. The van der Waals surface area contributed by atoms with Gasteiger partial charge >= 0.3 is 0 Å². The van der Waals surface area contributed by atoms with Crippen molar-refractivity contribution in [2.75, 3.05) is 5.32 Å². The van der Waals surface area contributed by atoms with E-state index in [0.29, 0.717) is 30.0 Å². The molecule has 3 aromatic carbocycles. The van der Waals surface area contributed by atoms with Gasteiger partial charge in [-0.2, -0.15) is 0 Å². The number of ether oxygens (including phenoxy) is 1. The van der Waals surface area contributed by atoms with Crippen LogP contribution in [0.3, 0.4) is 0 Å². The van der Waals surface area contributed by atoms with E-state index in [0.717, 1.165) is 11.1 Å². The van der Waals surface area contributed by atoms with Gasteiger partial charge in [0, 0.05) is 5.69 Å². The van der Waals surface area contributed by atoms with Crippen LogP contribution in [0.1, 0.15) is 22.3 Å². The van der Waals surface area contributed by atoms with E-state index >= 15 is 0 Å². The van der Waals surface area contributed by atoms with Crippen LogP contribution >= 0.6 is 0 Å². The summed E-state index contributed by atoms with van der Waals surface area (Å²) in [4.78, 5) is 13.1. The van der Waals surface area contributed by atoms with Gasteiger partial charge in [-0.3, -0.25) is 4.79 Å². The molecule has 0 radical (unpaired) electrons. The molecule has 130 valence electrons. The minimum Gasteiger partial charge on any atom is -0.372 e. The summed E-state index contributed by atoms with van der Waals surface area (Å²) >= 11 is 0. The van der Waals surface area contributed by atoms with Crippen molar-refractivity contribution >= 4 is 11.6 Å². The van der Waals surface area contributed by atoms with E-state index in [2.05, 4.69) is 5.32 Å². The molecule has 0 saturated carbocycles. The van der Waals surface area contributed by atoms with Crippen LogP contribution in [0.4, 0.5) is 5.69 Å². The quantitative estimate of drug-likeness (QED) is 0.760. The summed E-state index contributed by atoms with van der Waals surface area (Å²) in [5.74, 6) is -0.492. The van der Waals surface area contributed by atoms with Crippen LogP contribution in [-0.2, 0) is 28.3 Å². The lowest BCUT2D eigenvalue weighted by Crippen LogP contribution is -2.41. The molecule has 0 aromatic heterocycles. The minimum atomic E-state index is -1.78. The molecule has 0 fully saturated rings. The largest absolute Gasteiger partial charge is 0.372 e. The predicted molar refractivity (Wildman–Crippen MR) is 99.4 cm³/mol. The van der Waals surface area contributed by atoms with Gasteiger partial charge in [-0.25, -0.2) is 0 Å². The Bertz CT molecular complexity index is 883. The zero-order valence-corrected chi connectivity index (χ0v) is 14.2. The van der Waals surface area contributed by atoms with Gasteiger partial charge in [0.2, 0.25) is 0 Å². The van der Waals surface area contributed by atoms with Crippen molar-refractivity contribution in [1.82, 2.24) is 0 Å². The lowest BCUT2D eigenvalue weighted by atomic mass is 9.85. The summed E-state index contributed by atoms with van der Waals surface area (Å²) < 4.78 is 5.42. The van der Waals surface area contributed by atoms with Gasteiger partial charge in [0.05, 0.1) is 13.2 Å². The van der Waals surface area contributed by atoms with Crippen LogP contribution in [-0.4, -0.2) is 11.0 Å². The molecule has 0 atom stereocenters. The van der Waals surface area contributed by atoms with Gasteiger partial charge < -0.3 is 15.2 Å². The van der Waals surface area contributed by atoms with Crippen LogP contribution in [0.25, 0.3) is 0 Å². The van der Waals surface area contributed by atoms with Crippen molar-refractivity contribution in [3.05, 3.63) is 101 Å². The molecule has 4 nitrogen and oxygen atoms in total. The van der Waals surface area contributed by atoms with E-state index in [9.17, 15) is 9.90 Å². The number of benzene rings is 3. The molecule has 1 aliphatic rings. The lowest BCUT2D eigenvalue weighted by Gasteiger charge is -2.28. The molecule has 26 heavy (non-hydrogen) atoms. The summed E-state index contributed by atoms with van der Waals surface area (Å²) in [6.07, 6.45) is 0. The van der Waals surface area contributed by atoms with E-state index in [4.69, 9.17) is 4.74 Å². The van der Waals surface area contributed by atoms with Crippen molar-refractivity contribution < 1.29 is 14.6 Å². The maximum Gasteiger partial charge on any atom is 0.265 e. The highest BCUT2D eigenvalue weighted by Crippen LogP contribution is 2.32. The number of hydrogen-bond donors (Lipinski definition) is 2. The third-order valence-electron chi connectivity index (χ3n) is 4.69. The molecule has 0 unspecified atom stereocenters. The van der Waals surface area contributed by atoms with Crippen LogP contribution in [0.15, 0.2) is 78.9 Å². The van der Waals surface area contributed by atoms with Crippen LogP contribution in [0.2, 0.25) is 0 Å². The van der Waals surface area contributed by atoms with E-state index in [-0.39, 0.29) is 0 Å². The highest BCUT2D eigenvalue weighted by atomic mass is 16.5. The Morgan fingerprint density at radius 1 is 0.846 bits per heavy atom. The Morgan fingerprint density at radius 3 is 2.04 bits per heavy atom. The highest BCUT2D eigenvalue weighted by molar-refractivity contribution is 6.00. The minimum absolute atomic E-state index is 0.492. The first-order valence-electron chi connectivity index (χ1n) is 8.52. The average molecular weight is 345 g/mol. The molecule has 2 N–H and O–H groups in total. The fraction of sp³-hybridized carbons (Fsp3) is 0.136. The topological polar surface area (TPSA) is 58.6 Å². The summed E-state index contributed by atoms with van der Waals surface area (Å²) in [7, 11) is 0. The smallest absolute Gasteiger partial charge is 0.265 e. The van der Waals surface area contributed by atoms with Gasteiger partial charge in [0.15, 0.2) is 5.60 Å². The maximum atomic E-state index is 13.1. The van der Waals surface area contributed by atoms with Crippen molar-refractivity contribution in [2.45, 2.75) is 18.8 Å². The average Bonchev–Trinajstić information content (AvgIpc) is 3.16. The van der Waals surface area contributed by atoms with E-state index < -0.39 is 11.5 Å². The molecule has 0 bridgehead atoms. The number of rotatable bonds is 4. The molecular weight excluding hydrogens is 326 g/mol.